The highest BCUT2D eigenvalue weighted by Crippen LogP contribution is 2.32. The van der Waals surface area contributed by atoms with Crippen molar-refractivity contribution in [2.24, 2.45) is 0 Å². The summed E-state index contributed by atoms with van der Waals surface area (Å²) in [5.41, 5.74) is 0.265. The normalized spacial score (nSPS) is 14.7. The Labute approximate surface area is 135 Å². The molecule has 0 fully saturated rings. The highest BCUT2D eigenvalue weighted by molar-refractivity contribution is 9.10. The van der Waals surface area contributed by atoms with Gasteiger partial charge in [0.2, 0.25) is 0 Å². The van der Waals surface area contributed by atoms with Crippen LogP contribution in [0.5, 0.6) is 5.75 Å². The molecule has 2 N–H and O–H groups in total. The van der Waals surface area contributed by atoms with Crippen LogP contribution in [0.1, 0.15) is 25.7 Å². The fraction of sp³-hybridized carbons (Fsp3) is 0.333. The van der Waals surface area contributed by atoms with Gasteiger partial charge in [0.1, 0.15) is 11.6 Å². The lowest BCUT2D eigenvalue weighted by Gasteiger charge is -2.17. The topological polar surface area (TPSA) is 75.6 Å². The average Bonchev–Trinajstić information content (AvgIpc) is 2.49. The first-order chi connectivity index (χ1) is 10.4. The largest absolute Gasteiger partial charge is 0.495 e. The van der Waals surface area contributed by atoms with Crippen LogP contribution in [-0.2, 0) is 9.59 Å². The molecule has 1 aliphatic rings. The second-order valence-electron chi connectivity index (χ2n) is 4.89. The van der Waals surface area contributed by atoms with E-state index in [0.717, 1.165) is 12.8 Å². The molecule has 0 unspecified atom stereocenters. The average molecular weight is 372 g/mol. The molecule has 0 saturated heterocycles. The minimum absolute atomic E-state index is 0.0483. The Morgan fingerprint density at radius 3 is 2.50 bits per heavy atom. The summed E-state index contributed by atoms with van der Waals surface area (Å²) in [6.45, 7) is 0. The standard InChI is InChI=1S/C15H15BrFNO4/c1-22-13-7-12(11(17)6-10(13)16)18-14(19)8-4-2-3-5-9(8)15(20)21/h6-7H,2-5H2,1H3,(H,18,19)(H,20,21). The first-order valence-electron chi connectivity index (χ1n) is 6.73. The van der Waals surface area contributed by atoms with Crippen molar-refractivity contribution in [1.82, 2.24) is 0 Å². The molecule has 0 spiro atoms. The van der Waals surface area contributed by atoms with Crippen LogP contribution in [-0.4, -0.2) is 24.1 Å². The Balaban J connectivity index is 2.30. The fourth-order valence-electron chi connectivity index (χ4n) is 2.37. The number of hydrogen-bond acceptors (Lipinski definition) is 3. The van der Waals surface area contributed by atoms with Crippen molar-refractivity contribution in [3.63, 3.8) is 0 Å². The van der Waals surface area contributed by atoms with E-state index in [-0.39, 0.29) is 16.8 Å². The Morgan fingerprint density at radius 1 is 1.27 bits per heavy atom. The zero-order valence-electron chi connectivity index (χ0n) is 11.9. The van der Waals surface area contributed by atoms with E-state index >= 15 is 0 Å². The Hall–Kier alpha value is -1.89. The molecule has 0 bridgehead atoms. The number of carboxylic acids is 1. The molecule has 0 radical (unpaired) electrons. The lowest BCUT2D eigenvalue weighted by atomic mass is 9.91. The van der Waals surface area contributed by atoms with E-state index in [1.165, 1.54) is 19.2 Å². The minimum atomic E-state index is -1.10. The minimum Gasteiger partial charge on any atom is -0.495 e. The molecule has 2 rings (SSSR count). The van der Waals surface area contributed by atoms with Crippen LogP contribution in [0.4, 0.5) is 10.1 Å². The Bertz CT molecular complexity index is 657. The molecule has 118 valence electrons. The molecule has 7 heteroatoms. The van der Waals surface area contributed by atoms with Gasteiger partial charge in [-0.25, -0.2) is 9.18 Å². The van der Waals surface area contributed by atoms with Gasteiger partial charge >= 0.3 is 5.97 Å². The SMILES string of the molecule is COc1cc(NC(=O)C2=C(C(=O)O)CCCC2)c(F)cc1Br. The molecular formula is C15H15BrFNO4. The summed E-state index contributed by atoms with van der Waals surface area (Å²) in [6, 6.07) is 2.53. The third-order valence-corrected chi connectivity index (χ3v) is 4.11. The molecule has 1 amide bonds. The number of carbonyl (C=O) groups excluding carboxylic acids is 1. The molecule has 0 atom stereocenters. The van der Waals surface area contributed by atoms with E-state index in [1.54, 1.807) is 0 Å². The number of benzene rings is 1. The number of anilines is 1. The number of methoxy groups -OCH3 is 1. The van der Waals surface area contributed by atoms with Crippen LogP contribution in [0.15, 0.2) is 27.8 Å². The van der Waals surface area contributed by atoms with E-state index < -0.39 is 17.7 Å². The molecular weight excluding hydrogens is 357 g/mol. The molecule has 1 aromatic rings. The first-order valence-corrected chi connectivity index (χ1v) is 7.53. The number of amides is 1. The number of carboxylic acid groups (broad SMARTS) is 1. The predicted octanol–water partition coefficient (Wildman–Crippen LogP) is 3.49. The molecule has 0 heterocycles. The Morgan fingerprint density at radius 2 is 1.91 bits per heavy atom. The van der Waals surface area contributed by atoms with Crippen LogP contribution >= 0.6 is 15.9 Å². The maximum atomic E-state index is 13.9. The van der Waals surface area contributed by atoms with Gasteiger partial charge < -0.3 is 15.2 Å². The van der Waals surface area contributed by atoms with Crippen LogP contribution < -0.4 is 10.1 Å². The summed E-state index contributed by atoms with van der Waals surface area (Å²) in [5, 5.41) is 11.6. The molecule has 1 aromatic carbocycles. The van der Waals surface area contributed by atoms with Crippen LogP contribution in [0.3, 0.4) is 0 Å². The zero-order valence-corrected chi connectivity index (χ0v) is 13.5. The van der Waals surface area contributed by atoms with Crippen molar-refractivity contribution in [1.29, 1.82) is 0 Å². The number of carbonyl (C=O) groups is 2. The van der Waals surface area contributed by atoms with Gasteiger partial charge in [-0.15, -0.1) is 0 Å². The summed E-state index contributed by atoms with van der Waals surface area (Å²) >= 11 is 3.15. The zero-order chi connectivity index (χ0) is 16.3. The number of halogens is 2. The number of aliphatic carboxylic acids is 1. The van der Waals surface area contributed by atoms with E-state index in [2.05, 4.69) is 21.2 Å². The van der Waals surface area contributed by atoms with Crippen LogP contribution in [0.25, 0.3) is 0 Å². The van der Waals surface area contributed by atoms with E-state index in [9.17, 15) is 14.0 Å². The van der Waals surface area contributed by atoms with Crippen LogP contribution in [0, 0.1) is 5.82 Å². The number of nitrogens with one attached hydrogen (secondary N) is 1. The van der Waals surface area contributed by atoms with E-state index in [0.29, 0.717) is 23.1 Å². The van der Waals surface area contributed by atoms with Gasteiger partial charge in [-0.2, -0.15) is 0 Å². The van der Waals surface area contributed by atoms with Crippen molar-refractivity contribution in [3.05, 3.63) is 33.6 Å². The monoisotopic (exact) mass is 371 g/mol. The van der Waals surface area contributed by atoms with Gasteiger partial charge in [0.15, 0.2) is 0 Å². The fourth-order valence-corrected chi connectivity index (χ4v) is 2.85. The summed E-state index contributed by atoms with van der Waals surface area (Å²) in [5.74, 6) is -1.94. The lowest BCUT2D eigenvalue weighted by molar-refractivity contribution is -0.133. The smallest absolute Gasteiger partial charge is 0.332 e. The molecule has 1 aliphatic carbocycles. The first kappa shape index (κ1) is 16.5. The number of ether oxygens (including phenoxy) is 1. The summed E-state index contributed by atoms with van der Waals surface area (Å²) < 4.78 is 19.4. The predicted molar refractivity (Wildman–Crippen MR) is 82.4 cm³/mol. The molecule has 0 saturated carbocycles. The highest BCUT2D eigenvalue weighted by atomic mass is 79.9. The maximum absolute atomic E-state index is 13.9. The third kappa shape index (κ3) is 3.47. The molecule has 0 aromatic heterocycles. The molecule has 5 nitrogen and oxygen atoms in total. The lowest BCUT2D eigenvalue weighted by Crippen LogP contribution is -2.21. The second kappa shape index (κ2) is 6.91. The number of hydrogen-bond donors (Lipinski definition) is 2. The van der Waals surface area contributed by atoms with E-state index in [1.807, 2.05) is 0 Å². The molecule has 0 aliphatic heterocycles. The van der Waals surface area contributed by atoms with E-state index in [4.69, 9.17) is 9.84 Å². The quantitative estimate of drug-likeness (QED) is 0.849. The van der Waals surface area contributed by atoms with Crippen molar-refractivity contribution in [2.45, 2.75) is 25.7 Å². The highest BCUT2D eigenvalue weighted by Gasteiger charge is 2.24. The van der Waals surface area contributed by atoms with Gasteiger partial charge in [-0.3, -0.25) is 4.79 Å². The third-order valence-electron chi connectivity index (χ3n) is 3.49. The Kier molecular flexibility index (Phi) is 5.18. The second-order valence-corrected chi connectivity index (χ2v) is 5.74. The van der Waals surface area contributed by atoms with Crippen LogP contribution in [0.2, 0.25) is 0 Å². The summed E-state index contributed by atoms with van der Waals surface area (Å²) in [7, 11) is 1.43. The van der Waals surface area contributed by atoms with Gasteiger partial charge in [-0.1, -0.05) is 0 Å². The number of rotatable bonds is 4. The van der Waals surface area contributed by atoms with Crippen molar-refractivity contribution >= 4 is 33.5 Å². The van der Waals surface area contributed by atoms with Crippen molar-refractivity contribution in [2.75, 3.05) is 12.4 Å². The van der Waals surface area contributed by atoms with Gasteiger partial charge in [-0.05, 0) is 47.7 Å². The summed E-state index contributed by atoms with van der Waals surface area (Å²) in [4.78, 5) is 23.5. The van der Waals surface area contributed by atoms with Crippen molar-refractivity contribution in [3.8, 4) is 5.75 Å². The maximum Gasteiger partial charge on any atom is 0.332 e. The molecule has 22 heavy (non-hydrogen) atoms. The van der Waals surface area contributed by atoms with Crippen molar-refractivity contribution < 1.29 is 23.8 Å². The van der Waals surface area contributed by atoms with Gasteiger partial charge in [0.25, 0.3) is 5.91 Å². The van der Waals surface area contributed by atoms with Gasteiger partial charge in [0.05, 0.1) is 17.3 Å². The van der Waals surface area contributed by atoms with Gasteiger partial charge in [0, 0.05) is 17.2 Å². The summed E-state index contributed by atoms with van der Waals surface area (Å²) in [6.07, 6.45) is 2.21.